The Morgan fingerprint density at radius 1 is 1.56 bits per heavy atom. The van der Waals surface area contributed by atoms with Crippen LogP contribution < -0.4 is 16.2 Å². The summed E-state index contributed by atoms with van der Waals surface area (Å²) < 4.78 is 5.01. The molecule has 1 aliphatic rings. The fourth-order valence-corrected chi connectivity index (χ4v) is 1.56. The van der Waals surface area contributed by atoms with Crippen molar-refractivity contribution in [1.82, 2.24) is 16.2 Å². The molecule has 0 radical (unpaired) electrons. The van der Waals surface area contributed by atoms with E-state index in [4.69, 9.17) is 4.74 Å². The van der Waals surface area contributed by atoms with Crippen molar-refractivity contribution in [2.24, 2.45) is 5.92 Å². The standard InChI is InChI=1S/C11H23N3O2/c1-9(2)5-7-16-11(15)14-13-10-4-3-6-12-8-10/h9-10,12-13H,3-8H2,1-2H3,(H,14,15). The summed E-state index contributed by atoms with van der Waals surface area (Å²) in [5.74, 6) is 0.559. The van der Waals surface area contributed by atoms with Crippen LogP contribution in [0, 0.1) is 5.92 Å². The maximum absolute atomic E-state index is 11.3. The molecule has 0 aromatic heterocycles. The summed E-state index contributed by atoms with van der Waals surface area (Å²) in [6.45, 7) is 6.65. The van der Waals surface area contributed by atoms with Gasteiger partial charge in [0.1, 0.15) is 0 Å². The van der Waals surface area contributed by atoms with Crippen molar-refractivity contribution in [3.8, 4) is 0 Å². The Morgan fingerprint density at radius 2 is 2.38 bits per heavy atom. The van der Waals surface area contributed by atoms with Crippen molar-refractivity contribution in [3.63, 3.8) is 0 Å². The zero-order valence-electron chi connectivity index (χ0n) is 10.2. The Bertz CT molecular complexity index is 203. The molecule has 0 aromatic carbocycles. The third-order valence-corrected chi connectivity index (χ3v) is 2.60. The van der Waals surface area contributed by atoms with Crippen LogP contribution in [0.1, 0.15) is 33.1 Å². The highest BCUT2D eigenvalue weighted by molar-refractivity contribution is 5.66. The first-order chi connectivity index (χ1) is 7.68. The van der Waals surface area contributed by atoms with E-state index in [-0.39, 0.29) is 6.09 Å². The van der Waals surface area contributed by atoms with Crippen LogP contribution in [0.2, 0.25) is 0 Å². The summed E-state index contributed by atoms with van der Waals surface area (Å²) in [5, 5.41) is 3.26. The first-order valence-electron chi connectivity index (χ1n) is 6.07. The van der Waals surface area contributed by atoms with Crippen molar-refractivity contribution < 1.29 is 9.53 Å². The maximum atomic E-state index is 11.3. The van der Waals surface area contributed by atoms with Gasteiger partial charge in [-0.2, -0.15) is 0 Å². The smallest absolute Gasteiger partial charge is 0.421 e. The van der Waals surface area contributed by atoms with Crippen LogP contribution in [0.25, 0.3) is 0 Å². The Balaban J connectivity index is 2.00. The molecule has 0 spiro atoms. The molecule has 5 nitrogen and oxygen atoms in total. The number of ether oxygens (including phenoxy) is 1. The third kappa shape index (κ3) is 5.92. The van der Waals surface area contributed by atoms with Gasteiger partial charge in [-0.05, 0) is 31.7 Å². The van der Waals surface area contributed by atoms with Gasteiger partial charge in [-0.15, -0.1) is 0 Å². The number of hydrazine groups is 1. The normalized spacial score (nSPS) is 20.8. The third-order valence-electron chi connectivity index (χ3n) is 2.60. The van der Waals surface area contributed by atoms with Crippen molar-refractivity contribution >= 4 is 6.09 Å². The summed E-state index contributed by atoms with van der Waals surface area (Å²) in [6, 6.07) is 0.311. The van der Waals surface area contributed by atoms with Crippen molar-refractivity contribution in [1.29, 1.82) is 0 Å². The molecular weight excluding hydrogens is 206 g/mol. The van der Waals surface area contributed by atoms with Gasteiger partial charge in [-0.3, -0.25) is 5.43 Å². The van der Waals surface area contributed by atoms with Crippen molar-refractivity contribution in [2.75, 3.05) is 19.7 Å². The summed E-state index contributed by atoms with van der Waals surface area (Å²) >= 11 is 0. The molecule has 3 N–H and O–H groups in total. The second kappa shape index (κ2) is 7.46. The lowest BCUT2D eigenvalue weighted by Crippen LogP contribution is -2.51. The van der Waals surface area contributed by atoms with E-state index in [2.05, 4.69) is 30.0 Å². The molecule has 0 aliphatic carbocycles. The predicted molar refractivity (Wildman–Crippen MR) is 63.0 cm³/mol. The van der Waals surface area contributed by atoms with Gasteiger partial charge in [-0.25, -0.2) is 10.2 Å². The minimum Gasteiger partial charge on any atom is -0.449 e. The molecule has 1 rings (SSSR count). The molecule has 0 bridgehead atoms. The van der Waals surface area contributed by atoms with Crippen LogP contribution in [-0.2, 0) is 4.74 Å². The zero-order valence-corrected chi connectivity index (χ0v) is 10.2. The minimum atomic E-state index is -0.383. The lowest BCUT2D eigenvalue weighted by atomic mass is 10.1. The molecule has 1 heterocycles. The second-order valence-electron chi connectivity index (χ2n) is 4.63. The molecular formula is C11H23N3O2. The van der Waals surface area contributed by atoms with Crippen LogP contribution in [0.3, 0.4) is 0 Å². The zero-order chi connectivity index (χ0) is 11.8. The Morgan fingerprint density at radius 3 is 3.00 bits per heavy atom. The molecule has 0 saturated carbocycles. The topological polar surface area (TPSA) is 62.4 Å². The molecule has 0 aromatic rings. The lowest BCUT2D eigenvalue weighted by molar-refractivity contribution is 0.133. The molecule has 1 fully saturated rings. The fraction of sp³-hybridized carbons (Fsp3) is 0.909. The highest BCUT2D eigenvalue weighted by Gasteiger charge is 2.13. The monoisotopic (exact) mass is 229 g/mol. The van der Waals surface area contributed by atoms with Gasteiger partial charge in [0.25, 0.3) is 0 Å². The van der Waals surface area contributed by atoms with Crippen LogP contribution in [0.5, 0.6) is 0 Å². The number of nitrogens with one attached hydrogen (secondary N) is 3. The lowest BCUT2D eigenvalue weighted by Gasteiger charge is -2.23. The van der Waals surface area contributed by atoms with Crippen LogP contribution in [0.15, 0.2) is 0 Å². The quantitative estimate of drug-likeness (QED) is 0.616. The highest BCUT2D eigenvalue weighted by atomic mass is 16.6. The first-order valence-corrected chi connectivity index (χ1v) is 6.07. The minimum absolute atomic E-state index is 0.311. The van der Waals surface area contributed by atoms with E-state index in [0.717, 1.165) is 32.4 Å². The number of carbonyl (C=O) groups excluding carboxylic acids is 1. The molecule has 5 heteroatoms. The van der Waals surface area contributed by atoms with Gasteiger partial charge in [0.15, 0.2) is 0 Å². The molecule has 94 valence electrons. The average molecular weight is 229 g/mol. The van der Waals surface area contributed by atoms with E-state index in [1.54, 1.807) is 0 Å². The van der Waals surface area contributed by atoms with Gasteiger partial charge in [-0.1, -0.05) is 13.8 Å². The number of amides is 1. The Hall–Kier alpha value is -0.810. The number of carbonyl (C=O) groups is 1. The van der Waals surface area contributed by atoms with Crippen LogP contribution >= 0.6 is 0 Å². The van der Waals surface area contributed by atoms with Gasteiger partial charge < -0.3 is 10.1 Å². The molecule has 1 unspecified atom stereocenters. The van der Waals surface area contributed by atoms with Crippen molar-refractivity contribution in [2.45, 2.75) is 39.2 Å². The Labute approximate surface area is 97.3 Å². The van der Waals surface area contributed by atoms with E-state index in [1.807, 2.05) is 0 Å². The molecule has 1 aliphatic heterocycles. The summed E-state index contributed by atoms with van der Waals surface area (Å²) in [4.78, 5) is 11.3. The summed E-state index contributed by atoms with van der Waals surface area (Å²) in [5.41, 5.74) is 5.55. The number of piperidine rings is 1. The van der Waals surface area contributed by atoms with Gasteiger partial charge in [0.05, 0.1) is 6.61 Å². The summed E-state index contributed by atoms with van der Waals surface area (Å²) in [7, 11) is 0. The second-order valence-corrected chi connectivity index (χ2v) is 4.63. The van der Waals surface area contributed by atoms with E-state index in [1.165, 1.54) is 0 Å². The van der Waals surface area contributed by atoms with Gasteiger partial charge >= 0.3 is 6.09 Å². The van der Waals surface area contributed by atoms with Crippen LogP contribution in [-0.4, -0.2) is 31.8 Å². The van der Waals surface area contributed by atoms with Crippen LogP contribution in [0.4, 0.5) is 4.79 Å². The number of rotatable bonds is 5. The SMILES string of the molecule is CC(C)CCOC(=O)NNC1CCCNC1. The van der Waals surface area contributed by atoms with Gasteiger partial charge in [0, 0.05) is 12.6 Å². The van der Waals surface area contributed by atoms with E-state index in [9.17, 15) is 4.79 Å². The Kier molecular flexibility index (Phi) is 6.18. The molecule has 16 heavy (non-hydrogen) atoms. The summed E-state index contributed by atoms with van der Waals surface area (Å²) in [6.07, 6.45) is 2.74. The van der Waals surface area contributed by atoms with E-state index >= 15 is 0 Å². The fourth-order valence-electron chi connectivity index (χ4n) is 1.56. The highest BCUT2D eigenvalue weighted by Crippen LogP contribution is 2.00. The molecule has 1 saturated heterocycles. The largest absolute Gasteiger partial charge is 0.449 e. The average Bonchev–Trinajstić information content (AvgIpc) is 2.27. The molecule has 1 atom stereocenters. The number of hydrogen-bond donors (Lipinski definition) is 3. The maximum Gasteiger partial charge on any atom is 0.421 e. The first kappa shape index (κ1) is 13.3. The number of hydrogen-bond acceptors (Lipinski definition) is 4. The van der Waals surface area contributed by atoms with Crippen molar-refractivity contribution in [3.05, 3.63) is 0 Å². The van der Waals surface area contributed by atoms with Gasteiger partial charge in [0.2, 0.25) is 0 Å². The predicted octanol–water partition coefficient (Wildman–Crippen LogP) is 1.02. The molecule has 1 amide bonds. The van der Waals surface area contributed by atoms with E-state index in [0.29, 0.717) is 18.6 Å². The van der Waals surface area contributed by atoms with E-state index < -0.39 is 0 Å².